The number of nitro groups is 1. The molecule has 0 aliphatic carbocycles. The van der Waals surface area contributed by atoms with Gasteiger partial charge in [0, 0.05) is 24.8 Å². The quantitative estimate of drug-likeness (QED) is 0.473. The van der Waals surface area contributed by atoms with E-state index in [0.717, 1.165) is 17.8 Å². The first kappa shape index (κ1) is 14.2. The molecule has 0 fully saturated rings. The van der Waals surface area contributed by atoms with Crippen LogP contribution in [0.2, 0.25) is 0 Å². The molecule has 0 aliphatic rings. The molecule has 0 heterocycles. The molecule has 0 saturated carbocycles. The fourth-order valence-corrected chi connectivity index (χ4v) is 1.89. The van der Waals surface area contributed by atoms with Gasteiger partial charge in [0.1, 0.15) is 0 Å². The average Bonchev–Trinajstić information content (AvgIpc) is 2.34. The van der Waals surface area contributed by atoms with Gasteiger partial charge in [-0.2, -0.15) is 0 Å². The number of benzene rings is 1. The molecule has 0 N–H and O–H groups in total. The second-order valence-electron chi connectivity index (χ2n) is 3.37. The lowest BCUT2D eigenvalue weighted by Gasteiger charge is -2.06. The van der Waals surface area contributed by atoms with E-state index in [1.165, 1.54) is 26.2 Å². The zero-order valence-electron chi connectivity index (χ0n) is 9.84. The van der Waals surface area contributed by atoms with Gasteiger partial charge in [0.2, 0.25) is 0 Å². The van der Waals surface area contributed by atoms with E-state index < -0.39 is 10.9 Å². The molecule has 0 aliphatic heterocycles. The number of thioether (sulfide) groups is 1. The van der Waals surface area contributed by atoms with Gasteiger partial charge in [-0.25, -0.2) is 4.79 Å². The smallest absolute Gasteiger partial charge is 0.338 e. The Morgan fingerprint density at radius 2 is 2.11 bits per heavy atom. The number of carbonyl (C=O) groups excluding carboxylic acids is 2. The first-order valence-corrected chi connectivity index (χ1v) is 5.93. The number of non-ortho nitro benzene ring substituents is 1. The molecule has 6 nitrogen and oxygen atoms in total. The summed E-state index contributed by atoms with van der Waals surface area (Å²) in [5.74, 6) is -0.379. The highest BCUT2D eigenvalue weighted by molar-refractivity contribution is 8.12. The Hall–Kier alpha value is -1.89. The number of hydrogen-bond acceptors (Lipinski definition) is 6. The highest BCUT2D eigenvalue weighted by Crippen LogP contribution is 2.22. The first-order chi connectivity index (χ1) is 8.45. The third-order valence-corrected chi connectivity index (χ3v) is 3.00. The Balaban J connectivity index is 3.12. The van der Waals surface area contributed by atoms with E-state index in [9.17, 15) is 19.7 Å². The number of esters is 1. The molecule has 0 radical (unpaired) electrons. The van der Waals surface area contributed by atoms with Crippen molar-refractivity contribution in [2.24, 2.45) is 0 Å². The predicted molar refractivity (Wildman–Crippen MR) is 66.4 cm³/mol. The first-order valence-electron chi connectivity index (χ1n) is 4.94. The van der Waals surface area contributed by atoms with E-state index in [4.69, 9.17) is 0 Å². The summed E-state index contributed by atoms with van der Waals surface area (Å²) in [6, 6.07) is 3.91. The van der Waals surface area contributed by atoms with E-state index in [2.05, 4.69) is 4.74 Å². The average molecular weight is 269 g/mol. The van der Waals surface area contributed by atoms with Gasteiger partial charge in [0.15, 0.2) is 5.12 Å². The molecule has 7 heteroatoms. The van der Waals surface area contributed by atoms with Crippen LogP contribution in [0.15, 0.2) is 18.2 Å². The van der Waals surface area contributed by atoms with Crippen LogP contribution in [0.4, 0.5) is 5.69 Å². The summed E-state index contributed by atoms with van der Waals surface area (Å²) in [5.41, 5.74) is 0.458. The number of carbonyl (C=O) groups is 2. The number of hydrogen-bond donors (Lipinski definition) is 0. The number of nitrogens with zero attached hydrogens (tertiary/aromatic N) is 1. The van der Waals surface area contributed by atoms with Gasteiger partial charge in [-0.1, -0.05) is 17.8 Å². The maximum Gasteiger partial charge on any atom is 0.338 e. The third-order valence-electron chi connectivity index (χ3n) is 2.14. The van der Waals surface area contributed by atoms with Gasteiger partial charge in [-0.05, 0) is 5.56 Å². The number of rotatable bonds is 4. The SMILES string of the molecule is COC(=O)c1cc([N+](=O)[O-])ccc1CSC(C)=O. The van der Waals surface area contributed by atoms with E-state index in [0.29, 0.717) is 5.56 Å². The molecule has 0 atom stereocenters. The molecule has 0 unspecified atom stereocenters. The van der Waals surface area contributed by atoms with Crippen molar-refractivity contribution >= 4 is 28.5 Å². The van der Waals surface area contributed by atoms with Crippen LogP contribution in [0, 0.1) is 10.1 Å². The van der Waals surface area contributed by atoms with E-state index >= 15 is 0 Å². The largest absolute Gasteiger partial charge is 0.465 e. The molecule has 0 bridgehead atoms. The summed E-state index contributed by atoms with van der Waals surface area (Å²) >= 11 is 1.02. The van der Waals surface area contributed by atoms with Crippen molar-refractivity contribution in [2.75, 3.05) is 7.11 Å². The molecule has 18 heavy (non-hydrogen) atoms. The van der Waals surface area contributed by atoms with Gasteiger partial charge in [-0.15, -0.1) is 0 Å². The topological polar surface area (TPSA) is 86.5 Å². The minimum Gasteiger partial charge on any atom is -0.465 e. The van der Waals surface area contributed by atoms with Crippen LogP contribution in [-0.4, -0.2) is 23.1 Å². The molecule has 0 amide bonds. The Labute approximate surface area is 107 Å². The third kappa shape index (κ3) is 3.56. The molecule has 0 aromatic heterocycles. The summed E-state index contributed by atoms with van der Waals surface area (Å²) < 4.78 is 4.56. The minimum absolute atomic E-state index is 0.0934. The molecule has 0 spiro atoms. The number of methoxy groups -OCH3 is 1. The van der Waals surface area contributed by atoms with Crippen LogP contribution >= 0.6 is 11.8 Å². The lowest BCUT2D eigenvalue weighted by molar-refractivity contribution is -0.384. The highest BCUT2D eigenvalue weighted by Gasteiger charge is 2.17. The second kappa shape index (κ2) is 6.15. The van der Waals surface area contributed by atoms with Crippen molar-refractivity contribution < 1.29 is 19.2 Å². The maximum atomic E-state index is 11.5. The van der Waals surface area contributed by atoms with Gasteiger partial charge in [-0.3, -0.25) is 14.9 Å². The van der Waals surface area contributed by atoms with E-state index in [1.807, 2.05) is 0 Å². The van der Waals surface area contributed by atoms with Crippen molar-refractivity contribution in [2.45, 2.75) is 12.7 Å². The molecule has 1 aromatic carbocycles. The van der Waals surface area contributed by atoms with Gasteiger partial charge in [0.25, 0.3) is 5.69 Å². The van der Waals surface area contributed by atoms with Crippen molar-refractivity contribution in [3.05, 3.63) is 39.4 Å². The molecule has 1 aromatic rings. The van der Waals surface area contributed by atoms with Crippen LogP contribution in [0.25, 0.3) is 0 Å². The summed E-state index contributed by atoms with van der Waals surface area (Å²) in [5, 5.41) is 10.5. The second-order valence-corrected chi connectivity index (χ2v) is 4.52. The lowest BCUT2D eigenvalue weighted by Crippen LogP contribution is -2.06. The predicted octanol–water partition coefficient (Wildman–Crippen LogP) is 2.16. The molecule has 96 valence electrons. The van der Waals surface area contributed by atoms with E-state index in [1.54, 1.807) is 0 Å². The van der Waals surface area contributed by atoms with Crippen LogP contribution < -0.4 is 0 Å². The van der Waals surface area contributed by atoms with Gasteiger partial charge < -0.3 is 4.74 Å². The zero-order valence-corrected chi connectivity index (χ0v) is 10.7. The lowest BCUT2D eigenvalue weighted by atomic mass is 10.1. The Morgan fingerprint density at radius 1 is 1.44 bits per heavy atom. The molecular formula is C11H11NO5S. The van der Waals surface area contributed by atoms with Gasteiger partial charge in [0.05, 0.1) is 17.6 Å². The van der Waals surface area contributed by atoms with E-state index in [-0.39, 0.29) is 22.1 Å². The summed E-state index contributed by atoms with van der Waals surface area (Å²) in [4.78, 5) is 32.4. The van der Waals surface area contributed by atoms with Crippen LogP contribution in [0.1, 0.15) is 22.8 Å². The Bertz CT molecular complexity index is 500. The van der Waals surface area contributed by atoms with Crippen LogP contribution in [0.3, 0.4) is 0 Å². The highest BCUT2D eigenvalue weighted by atomic mass is 32.2. The number of nitro benzene ring substituents is 1. The summed E-state index contributed by atoms with van der Waals surface area (Å²) in [7, 11) is 1.20. The van der Waals surface area contributed by atoms with Gasteiger partial charge >= 0.3 is 5.97 Å². The minimum atomic E-state index is -0.655. The molecular weight excluding hydrogens is 258 g/mol. The van der Waals surface area contributed by atoms with Crippen molar-refractivity contribution in [3.8, 4) is 0 Å². The monoisotopic (exact) mass is 269 g/mol. The summed E-state index contributed by atoms with van der Waals surface area (Å²) in [6.07, 6.45) is 0. The fourth-order valence-electron chi connectivity index (χ4n) is 1.28. The van der Waals surface area contributed by atoms with Crippen LogP contribution in [0.5, 0.6) is 0 Å². The standard InChI is InChI=1S/C11H11NO5S/c1-7(13)18-6-8-3-4-9(12(15)16)5-10(8)11(14)17-2/h3-5H,6H2,1-2H3. The number of ether oxygens (including phenoxy) is 1. The Kier molecular flexibility index (Phi) is 4.85. The van der Waals surface area contributed by atoms with Crippen LogP contribution in [-0.2, 0) is 15.3 Å². The zero-order chi connectivity index (χ0) is 13.7. The summed E-state index contributed by atoms with van der Waals surface area (Å²) in [6.45, 7) is 1.41. The molecule has 1 rings (SSSR count). The maximum absolute atomic E-state index is 11.5. The molecule has 0 saturated heterocycles. The Morgan fingerprint density at radius 3 is 2.61 bits per heavy atom. The fraction of sp³-hybridized carbons (Fsp3) is 0.273. The van der Waals surface area contributed by atoms with Crippen molar-refractivity contribution in [1.29, 1.82) is 0 Å². The van der Waals surface area contributed by atoms with Crippen molar-refractivity contribution in [1.82, 2.24) is 0 Å². The normalized spacial score (nSPS) is 9.89. The van der Waals surface area contributed by atoms with Crippen molar-refractivity contribution in [3.63, 3.8) is 0 Å².